The highest BCUT2D eigenvalue weighted by molar-refractivity contribution is 8.00. The molecule has 140 valence electrons. The molecule has 0 bridgehead atoms. The van der Waals surface area contributed by atoms with E-state index in [-0.39, 0.29) is 11.2 Å². The first-order valence-corrected chi connectivity index (χ1v) is 10.3. The quantitative estimate of drug-likeness (QED) is 0.748. The molecule has 1 aromatic heterocycles. The van der Waals surface area contributed by atoms with E-state index in [1.165, 1.54) is 30.2 Å². The lowest BCUT2D eigenvalue weighted by Crippen LogP contribution is -2.37. The Labute approximate surface area is 159 Å². The zero-order chi connectivity index (χ0) is 18.5. The molecule has 1 aliphatic rings. The van der Waals surface area contributed by atoms with Gasteiger partial charge in [0.05, 0.1) is 10.9 Å². The van der Waals surface area contributed by atoms with Gasteiger partial charge in [-0.2, -0.15) is 4.68 Å². The summed E-state index contributed by atoms with van der Waals surface area (Å²) in [7, 11) is 0. The van der Waals surface area contributed by atoms with Crippen LogP contribution in [0.4, 0.5) is 0 Å². The van der Waals surface area contributed by atoms with Crippen molar-refractivity contribution in [3.8, 4) is 5.69 Å². The monoisotopic (exact) mass is 373 g/mol. The van der Waals surface area contributed by atoms with Crippen LogP contribution in [0.15, 0.2) is 29.4 Å². The van der Waals surface area contributed by atoms with Crippen LogP contribution in [0, 0.1) is 0 Å². The second-order valence-electron chi connectivity index (χ2n) is 7.12. The minimum absolute atomic E-state index is 0.182. The summed E-state index contributed by atoms with van der Waals surface area (Å²) in [6.45, 7) is 8.02. The van der Waals surface area contributed by atoms with E-state index in [9.17, 15) is 4.79 Å². The highest BCUT2D eigenvalue weighted by Gasteiger charge is 2.24. The van der Waals surface area contributed by atoms with Gasteiger partial charge in [-0.15, -0.1) is 5.10 Å². The number of aromatic nitrogens is 4. The maximum Gasteiger partial charge on any atom is 0.235 e. The SMILES string of the molecule is CC(C)c1ccc(-n2nnnc2S[C@H](C)C(=O)N2CCCCCC2)cc1. The molecule has 2 aromatic rings. The van der Waals surface area contributed by atoms with Gasteiger partial charge in [-0.1, -0.05) is 50.6 Å². The molecule has 1 aromatic carbocycles. The van der Waals surface area contributed by atoms with Crippen molar-refractivity contribution in [1.29, 1.82) is 0 Å². The highest BCUT2D eigenvalue weighted by Crippen LogP contribution is 2.25. The van der Waals surface area contributed by atoms with Gasteiger partial charge in [-0.3, -0.25) is 4.79 Å². The molecule has 6 nitrogen and oxygen atoms in total. The molecular formula is C19H27N5OS. The van der Waals surface area contributed by atoms with E-state index in [4.69, 9.17) is 0 Å². The average molecular weight is 374 g/mol. The van der Waals surface area contributed by atoms with Crippen LogP contribution in [0.2, 0.25) is 0 Å². The number of likely N-dealkylation sites (tertiary alicyclic amines) is 1. The Morgan fingerprint density at radius 1 is 1.04 bits per heavy atom. The van der Waals surface area contributed by atoms with Crippen LogP contribution in [0.5, 0.6) is 0 Å². The molecule has 0 radical (unpaired) electrons. The second kappa shape index (κ2) is 8.66. The number of tetrazole rings is 1. The lowest BCUT2D eigenvalue weighted by atomic mass is 10.0. The van der Waals surface area contributed by atoms with Gasteiger partial charge in [0, 0.05) is 13.1 Å². The fraction of sp³-hybridized carbons (Fsp3) is 0.579. The fourth-order valence-corrected chi connectivity index (χ4v) is 4.06. The smallest absolute Gasteiger partial charge is 0.235 e. The Balaban J connectivity index is 1.70. The molecule has 2 heterocycles. The summed E-state index contributed by atoms with van der Waals surface area (Å²) < 4.78 is 1.71. The molecule has 1 saturated heterocycles. The molecule has 0 unspecified atom stereocenters. The van der Waals surface area contributed by atoms with E-state index in [2.05, 4.69) is 41.5 Å². The van der Waals surface area contributed by atoms with Crippen LogP contribution >= 0.6 is 11.8 Å². The predicted molar refractivity (Wildman–Crippen MR) is 104 cm³/mol. The Bertz CT molecular complexity index is 720. The van der Waals surface area contributed by atoms with Gasteiger partial charge in [0.1, 0.15) is 0 Å². The maximum atomic E-state index is 12.8. The fourth-order valence-electron chi connectivity index (χ4n) is 3.17. The lowest BCUT2D eigenvalue weighted by molar-refractivity contribution is -0.130. The number of hydrogen-bond acceptors (Lipinski definition) is 5. The van der Waals surface area contributed by atoms with Crippen molar-refractivity contribution in [2.45, 2.75) is 62.8 Å². The first kappa shape index (κ1) is 18.9. The normalized spacial score (nSPS) is 16.5. The predicted octanol–water partition coefficient (Wildman–Crippen LogP) is 3.67. The van der Waals surface area contributed by atoms with Crippen molar-refractivity contribution < 1.29 is 4.79 Å². The molecular weight excluding hydrogens is 346 g/mol. The number of rotatable bonds is 5. The van der Waals surface area contributed by atoms with E-state index in [1.54, 1.807) is 4.68 Å². The Morgan fingerprint density at radius 3 is 2.31 bits per heavy atom. The van der Waals surface area contributed by atoms with Crippen molar-refractivity contribution >= 4 is 17.7 Å². The van der Waals surface area contributed by atoms with Crippen molar-refractivity contribution in [3.05, 3.63) is 29.8 Å². The zero-order valence-electron chi connectivity index (χ0n) is 15.8. The molecule has 3 rings (SSSR count). The summed E-state index contributed by atoms with van der Waals surface area (Å²) in [6.07, 6.45) is 4.64. The maximum absolute atomic E-state index is 12.8. The van der Waals surface area contributed by atoms with Gasteiger partial charge < -0.3 is 4.90 Å². The third kappa shape index (κ3) is 4.44. The number of carbonyl (C=O) groups excluding carboxylic acids is 1. The molecule has 1 atom stereocenters. The van der Waals surface area contributed by atoms with Crippen molar-refractivity contribution in [1.82, 2.24) is 25.1 Å². The van der Waals surface area contributed by atoms with E-state index in [1.807, 2.05) is 24.0 Å². The van der Waals surface area contributed by atoms with Crippen molar-refractivity contribution in [2.75, 3.05) is 13.1 Å². The Hall–Kier alpha value is -1.89. The standard InChI is InChI=1S/C19H27N5OS/c1-14(2)16-8-10-17(11-9-16)24-19(20-21-22-24)26-15(3)18(25)23-12-6-4-5-7-13-23/h8-11,14-15H,4-7,12-13H2,1-3H3/t15-/m1/s1. The zero-order valence-corrected chi connectivity index (χ0v) is 16.6. The summed E-state index contributed by atoms with van der Waals surface area (Å²) in [5, 5.41) is 12.5. The average Bonchev–Trinajstić information content (AvgIpc) is 2.92. The van der Waals surface area contributed by atoms with Gasteiger partial charge in [-0.25, -0.2) is 0 Å². The summed E-state index contributed by atoms with van der Waals surface area (Å²) in [5.74, 6) is 0.666. The number of hydrogen-bond donors (Lipinski definition) is 0. The minimum atomic E-state index is -0.201. The van der Waals surface area contributed by atoms with E-state index in [0.717, 1.165) is 31.6 Å². The van der Waals surface area contributed by atoms with Crippen LogP contribution in [0.25, 0.3) is 5.69 Å². The van der Waals surface area contributed by atoms with E-state index < -0.39 is 0 Å². The van der Waals surface area contributed by atoms with E-state index >= 15 is 0 Å². The van der Waals surface area contributed by atoms with Crippen LogP contribution < -0.4 is 0 Å². The number of amides is 1. The molecule has 0 aliphatic carbocycles. The van der Waals surface area contributed by atoms with Crippen molar-refractivity contribution in [2.24, 2.45) is 0 Å². The summed E-state index contributed by atoms with van der Waals surface area (Å²) in [5.41, 5.74) is 2.19. The Kier molecular flexibility index (Phi) is 6.29. The van der Waals surface area contributed by atoms with Gasteiger partial charge >= 0.3 is 0 Å². The summed E-state index contributed by atoms with van der Waals surface area (Å²) >= 11 is 1.43. The number of nitrogens with zero attached hydrogens (tertiary/aromatic N) is 5. The second-order valence-corrected chi connectivity index (χ2v) is 8.43. The third-order valence-corrected chi connectivity index (χ3v) is 5.81. The number of carbonyl (C=O) groups is 1. The molecule has 1 fully saturated rings. The van der Waals surface area contributed by atoms with E-state index in [0.29, 0.717) is 11.1 Å². The minimum Gasteiger partial charge on any atom is -0.342 e. The van der Waals surface area contributed by atoms with Gasteiger partial charge in [0.15, 0.2) is 0 Å². The molecule has 1 amide bonds. The number of benzene rings is 1. The third-order valence-electron chi connectivity index (χ3n) is 4.79. The topological polar surface area (TPSA) is 63.9 Å². The largest absolute Gasteiger partial charge is 0.342 e. The van der Waals surface area contributed by atoms with Gasteiger partial charge in [0.2, 0.25) is 11.1 Å². The van der Waals surface area contributed by atoms with Crippen LogP contribution in [0.3, 0.4) is 0 Å². The van der Waals surface area contributed by atoms with Crippen LogP contribution in [-0.2, 0) is 4.79 Å². The molecule has 1 aliphatic heterocycles. The molecule has 0 N–H and O–H groups in total. The Morgan fingerprint density at radius 2 is 1.69 bits per heavy atom. The van der Waals surface area contributed by atoms with Crippen LogP contribution in [0.1, 0.15) is 57.9 Å². The first-order chi connectivity index (χ1) is 12.6. The summed E-state index contributed by atoms with van der Waals surface area (Å²) in [4.78, 5) is 14.8. The molecule has 0 saturated carbocycles. The highest BCUT2D eigenvalue weighted by atomic mass is 32.2. The number of thioether (sulfide) groups is 1. The lowest BCUT2D eigenvalue weighted by Gasteiger charge is -2.23. The molecule has 7 heteroatoms. The summed E-state index contributed by atoms with van der Waals surface area (Å²) in [6, 6.07) is 8.25. The van der Waals surface area contributed by atoms with Gasteiger partial charge in [0.25, 0.3) is 0 Å². The molecule has 0 spiro atoms. The van der Waals surface area contributed by atoms with Crippen LogP contribution in [-0.4, -0.2) is 49.4 Å². The van der Waals surface area contributed by atoms with Gasteiger partial charge in [-0.05, 0) is 53.8 Å². The first-order valence-electron chi connectivity index (χ1n) is 9.40. The molecule has 26 heavy (non-hydrogen) atoms. The van der Waals surface area contributed by atoms with Crippen molar-refractivity contribution in [3.63, 3.8) is 0 Å².